The molecule has 1 N–H and O–H groups in total. The van der Waals surface area contributed by atoms with Crippen molar-refractivity contribution in [2.45, 2.75) is 19.8 Å². The number of carboxylic acid groups (broad SMARTS) is 1. The summed E-state index contributed by atoms with van der Waals surface area (Å²) in [6, 6.07) is 7.82. The first kappa shape index (κ1) is 15.0. The Morgan fingerprint density at radius 2 is 1.95 bits per heavy atom. The van der Waals surface area contributed by atoms with Crippen LogP contribution in [0.5, 0.6) is 0 Å². The van der Waals surface area contributed by atoms with E-state index in [0.717, 1.165) is 11.1 Å². The highest BCUT2D eigenvalue weighted by atomic mass is 16.5. The summed E-state index contributed by atoms with van der Waals surface area (Å²) >= 11 is 0. The first-order valence-corrected chi connectivity index (χ1v) is 7.58. The molecule has 2 aliphatic rings. The molecule has 5 heteroatoms. The normalized spacial score (nSPS) is 26.5. The van der Waals surface area contributed by atoms with Gasteiger partial charge in [0.15, 0.2) is 0 Å². The molecule has 0 aromatic heterocycles. The molecule has 118 valence electrons. The molecule has 0 unspecified atom stereocenters. The van der Waals surface area contributed by atoms with Gasteiger partial charge in [0, 0.05) is 19.0 Å². The monoisotopic (exact) mass is 303 g/mol. The molecule has 5 nitrogen and oxygen atoms in total. The largest absolute Gasteiger partial charge is 0.481 e. The molecule has 0 bridgehead atoms. The maximum Gasteiger partial charge on any atom is 0.308 e. The molecule has 1 aromatic rings. The lowest BCUT2D eigenvalue weighted by atomic mass is 9.86. The van der Waals surface area contributed by atoms with E-state index in [4.69, 9.17) is 4.74 Å². The summed E-state index contributed by atoms with van der Waals surface area (Å²) in [7, 11) is 0. The standard InChI is InChI=1S/C17H21NO4/c1-11-5-3-4-6-12(11)13-7-18(8-14(13)15(19)20)16(21)17(2)9-22-10-17/h3-6,13-14H,7-10H2,1-2H3,(H,19,20)/t13-,14+/m0/s1. The van der Waals surface area contributed by atoms with Crippen molar-refractivity contribution in [2.24, 2.45) is 11.3 Å². The van der Waals surface area contributed by atoms with E-state index < -0.39 is 17.3 Å². The van der Waals surface area contributed by atoms with Crippen molar-refractivity contribution in [3.05, 3.63) is 35.4 Å². The summed E-state index contributed by atoms with van der Waals surface area (Å²) in [6.07, 6.45) is 0. The molecule has 0 spiro atoms. The molecule has 0 aliphatic carbocycles. The fraction of sp³-hybridized carbons (Fsp3) is 0.529. The van der Waals surface area contributed by atoms with Crippen LogP contribution < -0.4 is 0 Å². The average Bonchev–Trinajstić information content (AvgIpc) is 2.89. The van der Waals surface area contributed by atoms with Crippen LogP contribution in [0.1, 0.15) is 24.0 Å². The van der Waals surface area contributed by atoms with Crippen molar-refractivity contribution in [2.75, 3.05) is 26.3 Å². The number of carboxylic acids is 1. The Hall–Kier alpha value is -1.88. The summed E-state index contributed by atoms with van der Waals surface area (Å²) in [5.74, 6) is -1.51. The van der Waals surface area contributed by atoms with Gasteiger partial charge in [-0.05, 0) is 25.0 Å². The van der Waals surface area contributed by atoms with Crippen molar-refractivity contribution in [1.82, 2.24) is 4.90 Å². The van der Waals surface area contributed by atoms with Gasteiger partial charge in [-0.3, -0.25) is 9.59 Å². The zero-order chi connectivity index (χ0) is 15.9. The van der Waals surface area contributed by atoms with Gasteiger partial charge < -0.3 is 14.7 Å². The predicted octanol–water partition coefficient (Wildman–Crippen LogP) is 1.66. The van der Waals surface area contributed by atoms with Crippen LogP contribution in [0.15, 0.2) is 24.3 Å². The molecular formula is C17H21NO4. The minimum absolute atomic E-state index is 0.0149. The third kappa shape index (κ3) is 2.39. The minimum Gasteiger partial charge on any atom is -0.481 e. The summed E-state index contributed by atoms with van der Waals surface area (Å²) in [4.78, 5) is 26.0. The SMILES string of the molecule is Cc1ccccc1[C@@H]1CN(C(=O)C2(C)COC2)C[C@H]1C(=O)O. The smallest absolute Gasteiger partial charge is 0.308 e. The second-order valence-corrected chi connectivity index (χ2v) is 6.67. The highest BCUT2D eigenvalue weighted by Gasteiger charge is 2.48. The lowest BCUT2D eigenvalue weighted by molar-refractivity contribution is -0.167. The van der Waals surface area contributed by atoms with Gasteiger partial charge >= 0.3 is 5.97 Å². The predicted molar refractivity (Wildman–Crippen MR) is 80.6 cm³/mol. The van der Waals surface area contributed by atoms with Crippen LogP contribution in [0.25, 0.3) is 0 Å². The first-order chi connectivity index (χ1) is 10.4. The average molecular weight is 303 g/mol. The van der Waals surface area contributed by atoms with Gasteiger partial charge in [-0.1, -0.05) is 24.3 Å². The number of carbonyl (C=O) groups excluding carboxylic acids is 1. The van der Waals surface area contributed by atoms with Crippen LogP contribution in [0, 0.1) is 18.3 Å². The number of hydrogen-bond acceptors (Lipinski definition) is 3. The molecule has 0 radical (unpaired) electrons. The molecule has 3 rings (SSSR count). The quantitative estimate of drug-likeness (QED) is 0.922. The van der Waals surface area contributed by atoms with Crippen molar-refractivity contribution in [3.63, 3.8) is 0 Å². The highest BCUT2D eigenvalue weighted by molar-refractivity contribution is 5.85. The molecule has 2 fully saturated rings. The van der Waals surface area contributed by atoms with E-state index in [0.29, 0.717) is 19.8 Å². The van der Waals surface area contributed by atoms with Crippen LogP contribution in [-0.2, 0) is 14.3 Å². The number of ether oxygens (including phenoxy) is 1. The lowest BCUT2D eigenvalue weighted by Gasteiger charge is -2.39. The number of aryl methyl sites for hydroxylation is 1. The molecule has 1 amide bonds. The Labute approximate surface area is 129 Å². The van der Waals surface area contributed by atoms with Gasteiger partial charge in [0.1, 0.15) is 0 Å². The number of carbonyl (C=O) groups is 2. The Balaban J connectivity index is 1.86. The fourth-order valence-electron chi connectivity index (χ4n) is 3.45. The van der Waals surface area contributed by atoms with Crippen LogP contribution in [0.4, 0.5) is 0 Å². The maximum atomic E-state index is 12.6. The van der Waals surface area contributed by atoms with E-state index in [1.54, 1.807) is 4.90 Å². The van der Waals surface area contributed by atoms with Gasteiger partial charge in [-0.15, -0.1) is 0 Å². The molecule has 2 atom stereocenters. The minimum atomic E-state index is -0.835. The van der Waals surface area contributed by atoms with Crippen molar-refractivity contribution >= 4 is 11.9 Å². The number of hydrogen-bond donors (Lipinski definition) is 1. The third-order valence-electron chi connectivity index (χ3n) is 4.87. The fourth-order valence-corrected chi connectivity index (χ4v) is 3.45. The van der Waals surface area contributed by atoms with Gasteiger partial charge in [0.05, 0.1) is 24.5 Å². The second-order valence-electron chi connectivity index (χ2n) is 6.67. The van der Waals surface area contributed by atoms with Gasteiger partial charge in [0.2, 0.25) is 5.91 Å². The van der Waals surface area contributed by atoms with E-state index in [2.05, 4.69) is 0 Å². The Morgan fingerprint density at radius 3 is 2.50 bits per heavy atom. The van der Waals surface area contributed by atoms with Crippen molar-refractivity contribution in [1.29, 1.82) is 0 Å². The lowest BCUT2D eigenvalue weighted by Crippen LogP contribution is -2.53. The van der Waals surface area contributed by atoms with Crippen LogP contribution >= 0.6 is 0 Å². The van der Waals surface area contributed by atoms with E-state index in [-0.39, 0.29) is 18.4 Å². The molecular weight excluding hydrogens is 282 g/mol. The first-order valence-electron chi connectivity index (χ1n) is 7.58. The molecule has 2 saturated heterocycles. The topological polar surface area (TPSA) is 66.8 Å². The molecule has 0 saturated carbocycles. The Morgan fingerprint density at radius 1 is 1.27 bits per heavy atom. The molecule has 1 aromatic carbocycles. The molecule has 22 heavy (non-hydrogen) atoms. The summed E-state index contributed by atoms with van der Waals surface area (Å²) in [5, 5.41) is 9.55. The number of benzene rings is 1. The van der Waals surface area contributed by atoms with E-state index in [1.165, 1.54) is 0 Å². The summed E-state index contributed by atoms with van der Waals surface area (Å²) < 4.78 is 5.16. The summed E-state index contributed by atoms with van der Waals surface area (Å²) in [5.41, 5.74) is 1.62. The number of nitrogens with zero attached hydrogens (tertiary/aromatic N) is 1. The zero-order valence-electron chi connectivity index (χ0n) is 12.9. The molecule has 2 aliphatic heterocycles. The van der Waals surface area contributed by atoms with Gasteiger partial charge in [-0.25, -0.2) is 0 Å². The summed E-state index contributed by atoms with van der Waals surface area (Å²) in [6.45, 7) is 5.47. The van der Waals surface area contributed by atoms with Crippen LogP contribution in [0.2, 0.25) is 0 Å². The third-order valence-corrected chi connectivity index (χ3v) is 4.87. The zero-order valence-corrected chi connectivity index (χ0v) is 12.9. The molecule has 2 heterocycles. The van der Waals surface area contributed by atoms with Crippen molar-refractivity contribution in [3.8, 4) is 0 Å². The number of aliphatic carboxylic acids is 1. The Bertz CT molecular complexity index is 608. The van der Waals surface area contributed by atoms with E-state index in [1.807, 2.05) is 38.1 Å². The van der Waals surface area contributed by atoms with Crippen molar-refractivity contribution < 1.29 is 19.4 Å². The number of amides is 1. The number of rotatable bonds is 3. The number of likely N-dealkylation sites (tertiary alicyclic amines) is 1. The van der Waals surface area contributed by atoms with Crippen LogP contribution in [-0.4, -0.2) is 48.2 Å². The van der Waals surface area contributed by atoms with Gasteiger partial charge in [0.25, 0.3) is 0 Å². The van der Waals surface area contributed by atoms with Crippen LogP contribution in [0.3, 0.4) is 0 Å². The van der Waals surface area contributed by atoms with E-state index >= 15 is 0 Å². The maximum absolute atomic E-state index is 12.6. The second kappa shape index (κ2) is 5.39. The Kier molecular flexibility index (Phi) is 3.68. The highest BCUT2D eigenvalue weighted by Crippen LogP contribution is 2.38. The van der Waals surface area contributed by atoms with E-state index in [9.17, 15) is 14.7 Å². The van der Waals surface area contributed by atoms with Gasteiger partial charge in [-0.2, -0.15) is 0 Å².